The highest BCUT2D eigenvalue weighted by atomic mass is 35.5. The standard InChI is InChI=1S/C15H20FN7O.ClH/c1-10-8-17-5-6-22(10)9-15(24)18-14-7-12(3-4-13(14)16)23-11(2)19-20-21-23;/h3-4,7,10,17H,5-6,8-9H2,1-2H3,(H,18,24);1H/t10-;/m0./s1. The van der Waals surface area contributed by atoms with Crippen LogP contribution in [0.1, 0.15) is 12.7 Å². The molecule has 1 atom stereocenters. The number of aromatic nitrogens is 4. The summed E-state index contributed by atoms with van der Waals surface area (Å²) in [6.07, 6.45) is 0. The molecule has 0 saturated carbocycles. The van der Waals surface area contributed by atoms with E-state index in [0.29, 0.717) is 11.5 Å². The zero-order chi connectivity index (χ0) is 17.1. The molecule has 1 saturated heterocycles. The molecule has 1 aliphatic heterocycles. The third-order valence-corrected chi connectivity index (χ3v) is 4.08. The van der Waals surface area contributed by atoms with Crippen molar-refractivity contribution >= 4 is 24.0 Å². The van der Waals surface area contributed by atoms with Crippen LogP contribution in [0.5, 0.6) is 0 Å². The van der Waals surface area contributed by atoms with E-state index in [1.165, 1.54) is 16.8 Å². The Bertz CT molecular complexity index is 738. The van der Waals surface area contributed by atoms with Crippen LogP contribution in [-0.2, 0) is 4.79 Å². The number of aryl methyl sites for hydroxylation is 1. The number of nitrogens with zero attached hydrogens (tertiary/aromatic N) is 5. The van der Waals surface area contributed by atoms with Gasteiger partial charge in [-0.1, -0.05) is 0 Å². The monoisotopic (exact) mass is 369 g/mol. The molecule has 0 spiro atoms. The number of piperazine rings is 1. The predicted molar refractivity (Wildman–Crippen MR) is 93.6 cm³/mol. The molecule has 10 heteroatoms. The van der Waals surface area contributed by atoms with Crippen molar-refractivity contribution in [2.45, 2.75) is 19.9 Å². The largest absolute Gasteiger partial charge is 0.322 e. The molecule has 1 fully saturated rings. The lowest BCUT2D eigenvalue weighted by Gasteiger charge is -2.33. The smallest absolute Gasteiger partial charge is 0.238 e. The summed E-state index contributed by atoms with van der Waals surface area (Å²) in [7, 11) is 0. The van der Waals surface area contributed by atoms with Gasteiger partial charge in [0, 0.05) is 25.7 Å². The van der Waals surface area contributed by atoms with Crippen LogP contribution in [-0.4, -0.2) is 63.2 Å². The van der Waals surface area contributed by atoms with E-state index >= 15 is 0 Å². The first kappa shape index (κ1) is 19.2. The zero-order valence-corrected chi connectivity index (χ0v) is 14.9. The summed E-state index contributed by atoms with van der Waals surface area (Å²) in [4.78, 5) is 14.3. The minimum atomic E-state index is -0.494. The molecule has 0 unspecified atom stereocenters. The number of hydrogen-bond acceptors (Lipinski definition) is 6. The van der Waals surface area contributed by atoms with E-state index in [2.05, 4.69) is 38.0 Å². The van der Waals surface area contributed by atoms with Crippen molar-refractivity contribution in [2.24, 2.45) is 0 Å². The Balaban J connectivity index is 0.00000225. The maximum Gasteiger partial charge on any atom is 0.238 e. The molecule has 1 aromatic carbocycles. The Kier molecular flexibility index (Phi) is 6.40. The fourth-order valence-electron chi connectivity index (χ4n) is 2.70. The first-order valence-electron chi connectivity index (χ1n) is 7.84. The van der Waals surface area contributed by atoms with Crippen molar-refractivity contribution in [2.75, 3.05) is 31.5 Å². The molecule has 2 heterocycles. The van der Waals surface area contributed by atoms with E-state index in [-0.39, 0.29) is 36.6 Å². The van der Waals surface area contributed by atoms with Crippen molar-refractivity contribution in [3.63, 3.8) is 0 Å². The number of tetrazole rings is 1. The fourth-order valence-corrected chi connectivity index (χ4v) is 2.70. The number of hydrogen-bond donors (Lipinski definition) is 2. The molecule has 1 aliphatic rings. The van der Waals surface area contributed by atoms with Gasteiger partial charge in [0.2, 0.25) is 5.91 Å². The highest BCUT2D eigenvalue weighted by Gasteiger charge is 2.21. The number of benzene rings is 1. The first-order valence-corrected chi connectivity index (χ1v) is 7.84. The van der Waals surface area contributed by atoms with E-state index in [9.17, 15) is 9.18 Å². The second-order valence-corrected chi connectivity index (χ2v) is 5.87. The first-order chi connectivity index (χ1) is 11.5. The molecule has 0 bridgehead atoms. The van der Waals surface area contributed by atoms with Gasteiger partial charge in [-0.25, -0.2) is 4.39 Å². The SMILES string of the molecule is Cc1nnnn1-c1ccc(F)c(NC(=O)CN2CCNC[C@@H]2C)c1.Cl. The summed E-state index contributed by atoms with van der Waals surface area (Å²) in [5, 5.41) is 17.1. The van der Waals surface area contributed by atoms with Crippen LogP contribution < -0.4 is 10.6 Å². The predicted octanol–water partition coefficient (Wildman–Crippen LogP) is 0.764. The minimum Gasteiger partial charge on any atom is -0.322 e. The molecule has 2 N–H and O–H groups in total. The average molecular weight is 370 g/mol. The Labute approximate surface area is 151 Å². The molecule has 1 aromatic heterocycles. The molecular weight excluding hydrogens is 349 g/mol. The molecule has 0 aliphatic carbocycles. The molecule has 0 radical (unpaired) electrons. The van der Waals surface area contributed by atoms with Crippen LogP contribution in [0.3, 0.4) is 0 Å². The second-order valence-electron chi connectivity index (χ2n) is 5.87. The summed E-state index contributed by atoms with van der Waals surface area (Å²) in [5.41, 5.74) is 0.708. The van der Waals surface area contributed by atoms with E-state index in [0.717, 1.165) is 19.6 Å². The molecule has 2 aromatic rings. The number of nitrogens with one attached hydrogen (secondary N) is 2. The maximum absolute atomic E-state index is 14.0. The van der Waals surface area contributed by atoms with Crippen LogP contribution in [0.25, 0.3) is 5.69 Å². The average Bonchev–Trinajstić information content (AvgIpc) is 2.98. The number of rotatable bonds is 4. The topological polar surface area (TPSA) is 88.0 Å². The zero-order valence-electron chi connectivity index (χ0n) is 14.1. The lowest BCUT2D eigenvalue weighted by molar-refractivity contribution is -0.118. The normalized spacial score (nSPS) is 17.8. The summed E-state index contributed by atoms with van der Waals surface area (Å²) >= 11 is 0. The highest BCUT2D eigenvalue weighted by Crippen LogP contribution is 2.19. The molecule has 8 nitrogen and oxygen atoms in total. The third-order valence-electron chi connectivity index (χ3n) is 4.08. The summed E-state index contributed by atoms with van der Waals surface area (Å²) in [6, 6.07) is 4.65. The van der Waals surface area contributed by atoms with E-state index in [1.54, 1.807) is 13.0 Å². The third kappa shape index (κ3) is 4.50. The molecular formula is C15H21ClFN7O. The Morgan fingerprint density at radius 2 is 2.28 bits per heavy atom. The van der Waals surface area contributed by atoms with E-state index in [1.807, 2.05) is 0 Å². The molecule has 3 rings (SSSR count). The molecule has 25 heavy (non-hydrogen) atoms. The minimum absolute atomic E-state index is 0. The van der Waals surface area contributed by atoms with E-state index < -0.39 is 5.82 Å². The van der Waals surface area contributed by atoms with Crippen molar-refractivity contribution in [1.29, 1.82) is 0 Å². The molecule has 136 valence electrons. The fraction of sp³-hybridized carbons (Fsp3) is 0.467. The van der Waals surface area contributed by atoms with Gasteiger partial charge < -0.3 is 10.6 Å². The van der Waals surface area contributed by atoms with Crippen molar-refractivity contribution in [3.8, 4) is 5.69 Å². The van der Waals surface area contributed by atoms with Gasteiger partial charge in [-0.05, 0) is 42.5 Å². The number of anilines is 1. The van der Waals surface area contributed by atoms with Gasteiger partial charge in [0.25, 0.3) is 0 Å². The number of amides is 1. The second kappa shape index (κ2) is 8.32. The Morgan fingerprint density at radius 3 is 2.96 bits per heavy atom. The van der Waals surface area contributed by atoms with Gasteiger partial charge >= 0.3 is 0 Å². The van der Waals surface area contributed by atoms with Crippen LogP contribution in [0, 0.1) is 12.7 Å². The van der Waals surface area contributed by atoms with Crippen LogP contribution in [0.4, 0.5) is 10.1 Å². The van der Waals surface area contributed by atoms with Gasteiger partial charge in [-0.15, -0.1) is 17.5 Å². The number of carbonyl (C=O) groups is 1. The van der Waals surface area contributed by atoms with Crippen LogP contribution in [0.15, 0.2) is 18.2 Å². The summed E-state index contributed by atoms with van der Waals surface area (Å²) in [5.74, 6) is -0.159. The number of halogens is 2. The summed E-state index contributed by atoms with van der Waals surface area (Å²) < 4.78 is 15.5. The Hall–Kier alpha value is -2.10. The van der Waals surface area contributed by atoms with Gasteiger partial charge in [0.1, 0.15) is 5.82 Å². The van der Waals surface area contributed by atoms with E-state index in [4.69, 9.17) is 0 Å². The molecule has 1 amide bonds. The van der Waals surface area contributed by atoms with Gasteiger partial charge in [-0.3, -0.25) is 9.69 Å². The van der Waals surface area contributed by atoms with Crippen molar-refractivity contribution in [1.82, 2.24) is 30.4 Å². The summed E-state index contributed by atoms with van der Waals surface area (Å²) in [6.45, 7) is 6.52. The lowest BCUT2D eigenvalue weighted by atomic mass is 10.2. The quantitative estimate of drug-likeness (QED) is 0.827. The van der Waals surface area contributed by atoms with Crippen molar-refractivity contribution in [3.05, 3.63) is 29.8 Å². The lowest BCUT2D eigenvalue weighted by Crippen LogP contribution is -2.52. The van der Waals surface area contributed by atoms with Gasteiger partial charge in [0.05, 0.1) is 17.9 Å². The van der Waals surface area contributed by atoms with Crippen LogP contribution in [0.2, 0.25) is 0 Å². The van der Waals surface area contributed by atoms with Gasteiger partial charge in [-0.2, -0.15) is 4.68 Å². The van der Waals surface area contributed by atoms with Crippen LogP contribution >= 0.6 is 12.4 Å². The van der Waals surface area contributed by atoms with Gasteiger partial charge in [0.15, 0.2) is 5.82 Å². The van der Waals surface area contributed by atoms with Crippen molar-refractivity contribution < 1.29 is 9.18 Å². The Morgan fingerprint density at radius 1 is 1.48 bits per heavy atom. The highest BCUT2D eigenvalue weighted by molar-refractivity contribution is 5.92. The maximum atomic E-state index is 14.0. The number of carbonyl (C=O) groups excluding carboxylic acids is 1.